The Balaban J connectivity index is 1.93. The second kappa shape index (κ2) is 9.41. The lowest BCUT2D eigenvalue weighted by Gasteiger charge is -2.17. The summed E-state index contributed by atoms with van der Waals surface area (Å²) < 4.78 is 42.6. The van der Waals surface area contributed by atoms with Gasteiger partial charge < -0.3 is 19.3 Å². The number of nitrogens with one attached hydrogen (secondary N) is 2. The van der Waals surface area contributed by atoms with Gasteiger partial charge in [0.15, 0.2) is 0 Å². The van der Waals surface area contributed by atoms with Crippen molar-refractivity contribution in [3.8, 4) is 5.75 Å². The SMILES string of the molecule is COC(=O)Oc1c(C)cc(C)c(NC(=O)c2sccc2S(=O)(=O)Nc2onc(C)c2Cl)c1C. The van der Waals surface area contributed by atoms with Gasteiger partial charge in [0, 0.05) is 5.56 Å². The number of thiophene rings is 1. The van der Waals surface area contributed by atoms with Crippen LogP contribution in [0.5, 0.6) is 5.75 Å². The van der Waals surface area contributed by atoms with E-state index in [1.54, 1.807) is 33.8 Å². The summed E-state index contributed by atoms with van der Waals surface area (Å²) in [5.41, 5.74) is 2.53. The van der Waals surface area contributed by atoms with Gasteiger partial charge in [-0.1, -0.05) is 22.8 Å². The van der Waals surface area contributed by atoms with Crippen molar-refractivity contribution >= 4 is 56.6 Å². The van der Waals surface area contributed by atoms with Crippen LogP contribution in [0.3, 0.4) is 0 Å². The summed E-state index contributed by atoms with van der Waals surface area (Å²) in [6.45, 7) is 6.72. The molecule has 0 saturated carbocycles. The number of halogens is 1. The van der Waals surface area contributed by atoms with Crippen LogP contribution in [0, 0.1) is 27.7 Å². The summed E-state index contributed by atoms with van der Waals surface area (Å²) in [7, 11) is -3.02. The summed E-state index contributed by atoms with van der Waals surface area (Å²) in [6, 6.07) is 3.02. The van der Waals surface area contributed by atoms with Gasteiger partial charge in [0.05, 0.1) is 12.8 Å². The summed E-state index contributed by atoms with van der Waals surface area (Å²) >= 11 is 6.93. The van der Waals surface area contributed by atoms with Crippen LogP contribution in [0.1, 0.15) is 32.1 Å². The van der Waals surface area contributed by atoms with Gasteiger partial charge in [0.25, 0.3) is 21.8 Å². The third kappa shape index (κ3) is 4.97. The average molecular weight is 514 g/mol. The smallest absolute Gasteiger partial charge is 0.437 e. The van der Waals surface area contributed by atoms with Gasteiger partial charge in [-0.2, -0.15) is 0 Å². The van der Waals surface area contributed by atoms with Crippen molar-refractivity contribution < 1.29 is 32.0 Å². The maximum absolute atomic E-state index is 13.1. The maximum atomic E-state index is 13.1. The van der Waals surface area contributed by atoms with E-state index in [0.717, 1.165) is 11.3 Å². The molecule has 176 valence electrons. The highest BCUT2D eigenvalue weighted by atomic mass is 35.5. The lowest BCUT2D eigenvalue weighted by atomic mass is 10.0. The summed E-state index contributed by atoms with van der Waals surface area (Å²) in [5.74, 6) is -0.676. The molecular formula is C20H20ClN3O7S2. The lowest BCUT2D eigenvalue weighted by molar-refractivity contribution is 0.102. The van der Waals surface area contributed by atoms with Crippen LogP contribution >= 0.6 is 22.9 Å². The molecule has 0 atom stereocenters. The molecule has 1 aromatic carbocycles. The molecule has 0 spiro atoms. The molecule has 0 aliphatic rings. The molecule has 0 bridgehead atoms. The van der Waals surface area contributed by atoms with E-state index in [1.165, 1.54) is 18.6 Å². The Morgan fingerprint density at radius 2 is 1.88 bits per heavy atom. The number of rotatable bonds is 6. The van der Waals surface area contributed by atoms with Crippen molar-refractivity contribution in [1.82, 2.24) is 5.16 Å². The normalized spacial score (nSPS) is 11.2. The van der Waals surface area contributed by atoms with Gasteiger partial charge in [-0.3, -0.25) is 4.79 Å². The van der Waals surface area contributed by atoms with Crippen LogP contribution in [0.2, 0.25) is 5.02 Å². The molecule has 3 rings (SSSR count). The largest absolute Gasteiger partial charge is 0.513 e. The third-order valence-corrected chi connectivity index (χ3v) is 7.50. The molecule has 0 saturated heterocycles. The fourth-order valence-electron chi connectivity index (χ4n) is 3.09. The van der Waals surface area contributed by atoms with E-state index in [1.807, 2.05) is 0 Å². The topological polar surface area (TPSA) is 137 Å². The van der Waals surface area contributed by atoms with E-state index in [-0.39, 0.29) is 26.4 Å². The monoisotopic (exact) mass is 513 g/mol. The van der Waals surface area contributed by atoms with Crippen molar-refractivity contribution in [3.05, 3.63) is 49.8 Å². The average Bonchev–Trinajstić information content (AvgIpc) is 3.37. The molecule has 2 N–H and O–H groups in total. The summed E-state index contributed by atoms with van der Waals surface area (Å²) in [4.78, 5) is 24.3. The molecule has 2 aromatic heterocycles. The number of hydrogen-bond acceptors (Lipinski definition) is 9. The Bertz CT molecular complexity index is 1350. The molecule has 33 heavy (non-hydrogen) atoms. The van der Waals surface area contributed by atoms with E-state index in [2.05, 4.69) is 19.9 Å². The van der Waals surface area contributed by atoms with Crippen LogP contribution < -0.4 is 14.8 Å². The standard InChI is InChI=1S/C20H20ClN3O7S2/c1-9-8-10(2)16(30-20(26)29-5)11(3)15(9)22-18(25)17-13(6-7-32-17)33(27,28)24-19-14(21)12(4)23-31-19/h6-8,24H,1-5H3,(H,22,25). The number of nitrogens with zero attached hydrogens (tertiary/aromatic N) is 1. The first kappa shape index (κ1) is 24.6. The Kier molecular flexibility index (Phi) is 7.00. The van der Waals surface area contributed by atoms with Crippen LogP contribution in [0.4, 0.5) is 16.4 Å². The van der Waals surface area contributed by atoms with Crippen molar-refractivity contribution in [2.45, 2.75) is 32.6 Å². The van der Waals surface area contributed by atoms with Gasteiger partial charge in [-0.25, -0.2) is 17.9 Å². The van der Waals surface area contributed by atoms with Gasteiger partial charge in [0.1, 0.15) is 26.2 Å². The predicted octanol–water partition coefficient (Wildman–Crippen LogP) is 4.82. The fourth-order valence-corrected chi connectivity index (χ4v) is 5.58. The Hall–Kier alpha value is -3.09. The maximum Gasteiger partial charge on any atom is 0.513 e. The summed E-state index contributed by atoms with van der Waals surface area (Å²) in [5, 5.41) is 7.80. The van der Waals surface area contributed by atoms with Gasteiger partial charge >= 0.3 is 6.16 Å². The quantitative estimate of drug-likeness (QED) is 0.353. The zero-order valence-corrected chi connectivity index (χ0v) is 20.6. The molecule has 0 radical (unpaired) electrons. The highest BCUT2D eigenvalue weighted by Crippen LogP contribution is 2.35. The number of anilines is 2. The van der Waals surface area contributed by atoms with Crippen molar-refractivity contribution in [2.75, 3.05) is 17.1 Å². The second-order valence-corrected chi connectivity index (χ2v) is 9.93. The highest BCUT2D eigenvalue weighted by molar-refractivity contribution is 7.93. The lowest BCUT2D eigenvalue weighted by Crippen LogP contribution is -2.19. The molecule has 0 aliphatic carbocycles. The summed E-state index contributed by atoms with van der Waals surface area (Å²) in [6.07, 6.45) is -0.902. The van der Waals surface area contributed by atoms with E-state index in [4.69, 9.17) is 20.9 Å². The number of amides is 1. The number of hydrogen-bond donors (Lipinski definition) is 2. The zero-order chi connectivity index (χ0) is 24.5. The van der Waals surface area contributed by atoms with Crippen molar-refractivity contribution in [3.63, 3.8) is 0 Å². The van der Waals surface area contributed by atoms with Crippen molar-refractivity contribution in [2.24, 2.45) is 0 Å². The van der Waals surface area contributed by atoms with E-state index in [9.17, 15) is 18.0 Å². The van der Waals surface area contributed by atoms with Gasteiger partial charge in [-0.05, 0) is 50.3 Å². The minimum absolute atomic E-state index is 0.0175. The number of carbonyl (C=O) groups is 2. The molecule has 0 aliphatic heterocycles. The molecular weight excluding hydrogens is 494 g/mol. The Morgan fingerprint density at radius 1 is 1.18 bits per heavy atom. The number of carbonyl (C=O) groups excluding carboxylic acids is 2. The molecule has 1 amide bonds. The number of sulfonamides is 1. The Morgan fingerprint density at radius 3 is 2.48 bits per heavy atom. The zero-order valence-electron chi connectivity index (χ0n) is 18.2. The fraction of sp³-hybridized carbons (Fsp3) is 0.250. The number of methoxy groups -OCH3 is 1. The molecule has 13 heteroatoms. The minimum atomic E-state index is -4.21. The molecule has 2 heterocycles. The number of benzene rings is 1. The van der Waals surface area contributed by atoms with Gasteiger partial charge in [0.2, 0.25) is 0 Å². The van der Waals surface area contributed by atoms with Crippen LogP contribution in [0.15, 0.2) is 26.9 Å². The minimum Gasteiger partial charge on any atom is -0.437 e. The molecule has 0 fully saturated rings. The first-order valence-electron chi connectivity index (χ1n) is 9.36. The van der Waals surface area contributed by atoms with Gasteiger partial charge in [-0.15, -0.1) is 11.3 Å². The molecule has 0 unspecified atom stereocenters. The molecule has 3 aromatic rings. The Labute approximate surface area is 198 Å². The first-order valence-corrected chi connectivity index (χ1v) is 12.1. The number of ether oxygens (including phenoxy) is 2. The second-order valence-electron chi connectivity index (χ2n) is 6.98. The van der Waals surface area contributed by atoms with E-state index >= 15 is 0 Å². The highest BCUT2D eigenvalue weighted by Gasteiger charge is 2.28. The predicted molar refractivity (Wildman–Crippen MR) is 123 cm³/mol. The molecule has 10 nitrogen and oxygen atoms in total. The van der Waals surface area contributed by atoms with Crippen LogP contribution in [-0.2, 0) is 14.8 Å². The van der Waals surface area contributed by atoms with Crippen LogP contribution in [-0.4, -0.2) is 32.7 Å². The van der Waals surface area contributed by atoms with E-state index < -0.39 is 22.1 Å². The van der Waals surface area contributed by atoms with Crippen LogP contribution in [0.25, 0.3) is 0 Å². The van der Waals surface area contributed by atoms with Crippen molar-refractivity contribution in [1.29, 1.82) is 0 Å². The number of aromatic nitrogens is 1. The number of aryl methyl sites for hydroxylation is 3. The third-order valence-electron chi connectivity index (χ3n) is 4.63. The van der Waals surface area contributed by atoms with E-state index in [0.29, 0.717) is 28.1 Å². The first-order chi connectivity index (χ1) is 15.5.